The Morgan fingerprint density at radius 2 is 1.33 bits per heavy atom. The van der Waals surface area contributed by atoms with Crippen molar-refractivity contribution in [1.82, 2.24) is 0 Å². The molecule has 0 radical (unpaired) electrons. The molecule has 2 atom stereocenters. The molecule has 0 aromatic heterocycles. The van der Waals surface area contributed by atoms with E-state index in [1.165, 1.54) is 38.5 Å². The zero-order chi connectivity index (χ0) is 17.4. The van der Waals surface area contributed by atoms with Crippen LogP contribution in [0.15, 0.2) is 47.6 Å². The Morgan fingerprint density at radius 1 is 0.917 bits per heavy atom. The molecule has 0 heterocycles. The van der Waals surface area contributed by atoms with Crippen molar-refractivity contribution in [2.24, 2.45) is 11.8 Å². The molecule has 2 saturated carbocycles. The molecule has 0 N–H and O–H groups in total. The second-order valence-electron chi connectivity index (χ2n) is 6.88. The third kappa shape index (κ3) is 6.94. The molecule has 2 fully saturated rings. The molecule has 0 amide bonds. The van der Waals surface area contributed by atoms with Gasteiger partial charge in [0.25, 0.3) is 0 Å². The van der Waals surface area contributed by atoms with Gasteiger partial charge in [-0.15, -0.1) is 37.1 Å². The van der Waals surface area contributed by atoms with Crippen LogP contribution in [0.25, 0.3) is 0 Å². The molecule has 0 bridgehead atoms. The molecule has 2 unspecified atom stereocenters. The van der Waals surface area contributed by atoms with Crippen LogP contribution in [0.4, 0.5) is 0 Å². The Labute approximate surface area is 163 Å². The predicted molar refractivity (Wildman–Crippen MR) is 107 cm³/mol. The summed E-state index contributed by atoms with van der Waals surface area (Å²) in [5.41, 5.74) is 2.94. The van der Waals surface area contributed by atoms with Crippen molar-refractivity contribution in [3.63, 3.8) is 0 Å². The average Bonchev–Trinajstić information content (AvgIpc) is 3.24. The van der Waals surface area contributed by atoms with Crippen molar-refractivity contribution < 1.29 is 18.0 Å². The summed E-state index contributed by atoms with van der Waals surface area (Å²) >= 11 is -1.65. The van der Waals surface area contributed by atoms with E-state index in [-0.39, 0.29) is 5.43 Å². The van der Waals surface area contributed by atoms with E-state index in [0.29, 0.717) is 0 Å². The van der Waals surface area contributed by atoms with Crippen LogP contribution in [0.5, 0.6) is 0 Å². The monoisotopic (exact) mass is 456 g/mol. The summed E-state index contributed by atoms with van der Waals surface area (Å²) < 4.78 is 0. The maximum absolute atomic E-state index is 5.62. The topological polar surface area (TPSA) is 0 Å². The van der Waals surface area contributed by atoms with Gasteiger partial charge in [-0.3, -0.25) is 0 Å². The molecular formula is C20H28Cl2SiZr-2. The van der Waals surface area contributed by atoms with Crippen molar-refractivity contribution in [2.45, 2.75) is 51.6 Å². The fourth-order valence-corrected chi connectivity index (χ4v) is 3.33. The minimum atomic E-state index is -1.65. The Balaban J connectivity index is 0.000000134. The van der Waals surface area contributed by atoms with Gasteiger partial charge in [0, 0.05) is 0 Å². The van der Waals surface area contributed by atoms with Gasteiger partial charge in [0.05, 0.1) is 0 Å². The van der Waals surface area contributed by atoms with Gasteiger partial charge in [-0.1, -0.05) is 12.8 Å². The van der Waals surface area contributed by atoms with E-state index in [9.17, 15) is 0 Å². The first kappa shape index (κ1) is 20.7. The third-order valence-electron chi connectivity index (χ3n) is 4.80. The van der Waals surface area contributed by atoms with Crippen LogP contribution in [0.1, 0.15) is 38.5 Å². The number of hydrogen-bond acceptors (Lipinski definition) is 0. The van der Waals surface area contributed by atoms with Crippen molar-refractivity contribution in [1.29, 1.82) is 0 Å². The van der Waals surface area contributed by atoms with Gasteiger partial charge < -0.3 is 0 Å². The summed E-state index contributed by atoms with van der Waals surface area (Å²) in [6.45, 7) is 4.33. The normalized spacial score (nSPS) is 25.3. The second kappa shape index (κ2) is 11.2. The average molecular weight is 459 g/mol. The first-order chi connectivity index (χ1) is 11.6. The fraction of sp³-hybridized carbons (Fsp3) is 0.500. The van der Waals surface area contributed by atoms with Crippen LogP contribution >= 0.6 is 17.0 Å². The Hall–Kier alpha value is 0.380. The SMILES string of the molecule is C1=CCC2CC[CH-]C2=C1.C1=CCC2CC[CH-]C2=C1.C[Si](C)=[Zr]([Cl])[Cl]. The standard InChI is InChI=1S/2C9H11.C2H6Si.2ClH.Zr/c2*1-2-5-9-7-3-6-8(9)4-1;1-3-2;;;/h2*1-2,4,6,9H,3,5,7H2;1-2H3;2*1H;/q2*-1;;;;+2/p-2. The van der Waals surface area contributed by atoms with Gasteiger partial charge in [0.2, 0.25) is 0 Å². The van der Waals surface area contributed by atoms with E-state index in [1.807, 2.05) is 0 Å². The first-order valence-electron chi connectivity index (χ1n) is 8.96. The summed E-state index contributed by atoms with van der Waals surface area (Å²) in [5.74, 6) is 1.77. The Kier molecular flexibility index (Phi) is 9.63. The summed E-state index contributed by atoms with van der Waals surface area (Å²) in [4.78, 5) is 0. The zero-order valence-corrected chi connectivity index (χ0v) is 19.7. The number of hydrogen-bond donors (Lipinski definition) is 0. The molecule has 0 aliphatic heterocycles. The van der Waals surface area contributed by atoms with E-state index in [4.69, 9.17) is 17.0 Å². The maximum atomic E-state index is 5.62. The quantitative estimate of drug-likeness (QED) is 0.267. The first-order valence-corrected chi connectivity index (χ1v) is 21.5. The Bertz CT molecular complexity index is 514. The van der Waals surface area contributed by atoms with Gasteiger partial charge in [-0.2, -0.15) is 0 Å². The number of rotatable bonds is 0. The zero-order valence-electron chi connectivity index (χ0n) is 14.8. The molecule has 0 saturated heterocycles. The van der Waals surface area contributed by atoms with Gasteiger partial charge in [0.1, 0.15) is 0 Å². The van der Waals surface area contributed by atoms with E-state index < -0.39 is 18.0 Å². The summed E-state index contributed by atoms with van der Waals surface area (Å²) in [6, 6.07) is 0. The molecule has 0 spiro atoms. The van der Waals surface area contributed by atoms with Gasteiger partial charge in [-0.05, 0) is 24.7 Å². The molecule has 4 heteroatoms. The fourth-order valence-electron chi connectivity index (χ4n) is 3.33. The minimum absolute atomic E-state index is 0.224. The van der Waals surface area contributed by atoms with Crippen molar-refractivity contribution in [2.75, 3.05) is 0 Å². The molecule has 132 valence electrons. The molecule has 0 nitrogen and oxygen atoms in total. The van der Waals surface area contributed by atoms with Gasteiger partial charge >= 0.3 is 53.5 Å². The molecule has 0 aromatic carbocycles. The van der Waals surface area contributed by atoms with E-state index >= 15 is 0 Å². The molecule has 0 aromatic rings. The number of fused-ring (bicyclic) bond motifs is 2. The summed E-state index contributed by atoms with van der Waals surface area (Å²) in [6.07, 6.45) is 26.1. The van der Waals surface area contributed by atoms with Gasteiger partial charge in [-0.25, -0.2) is 36.1 Å². The number of halogens is 2. The Morgan fingerprint density at radius 3 is 1.67 bits per heavy atom. The van der Waals surface area contributed by atoms with Gasteiger partial charge in [0.15, 0.2) is 0 Å². The summed E-state index contributed by atoms with van der Waals surface area (Å²) in [7, 11) is 11.2. The molecule has 4 aliphatic rings. The number of allylic oxidation sites excluding steroid dienone is 8. The molecule has 24 heavy (non-hydrogen) atoms. The summed E-state index contributed by atoms with van der Waals surface area (Å²) in [5, 5.41) is 0. The molecule has 4 rings (SSSR count). The van der Waals surface area contributed by atoms with Crippen LogP contribution in [-0.4, -0.2) is 5.43 Å². The van der Waals surface area contributed by atoms with Crippen molar-refractivity contribution in [3.05, 3.63) is 60.4 Å². The third-order valence-corrected chi connectivity index (χ3v) is 24.5. The molecule has 4 aliphatic carbocycles. The predicted octanol–water partition coefficient (Wildman–Crippen LogP) is 7.14. The molecular weight excluding hydrogens is 430 g/mol. The van der Waals surface area contributed by atoms with Crippen molar-refractivity contribution in [3.8, 4) is 0 Å². The van der Waals surface area contributed by atoms with E-state index in [0.717, 1.165) is 11.8 Å². The van der Waals surface area contributed by atoms with Crippen LogP contribution in [0, 0.1) is 24.7 Å². The van der Waals surface area contributed by atoms with Crippen LogP contribution in [0.2, 0.25) is 13.1 Å². The van der Waals surface area contributed by atoms with Crippen LogP contribution < -0.4 is 0 Å². The van der Waals surface area contributed by atoms with E-state index in [1.54, 1.807) is 11.1 Å². The van der Waals surface area contributed by atoms with Crippen LogP contribution in [-0.2, 0) is 18.0 Å². The second-order valence-corrected chi connectivity index (χ2v) is 29.9. The van der Waals surface area contributed by atoms with Crippen molar-refractivity contribution >= 4 is 22.5 Å². The van der Waals surface area contributed by atoms with E-state index in [2.05, 4.69) is 62.4 Å². The van der Waals surface area contributed by atoms with Crippen LogP contribution in [0.3, 0.4) is 0 Å².